The van der Waals surface area contributed by atoms with Gasteiger partial charge in [0, 0.05) is 19.5 Å². The molecule has 22 heavy (non-hydrogen) atoms. The smallest absolute Gasteiger partial charge is 0.325 e. The average molecular weight is 309 g/mol. The molecule has 1 atom stereocenters. The molecule has 7 heteroatoms. The van der Waals surface area contributed by atoms with E-state index in [2.05, 4.69) is 5.32 Å². The second kappa shape index (κ2) is 5.87. The Morgan fingerprint density at radius 2 is 2.09 bits per heavy atom. The molecule has 0 radical (unpaired) electrons. The van der Waals surface area contributed by atoms with E-state index in [0.717, 1.165) is 12.8 Å². The lowest BCUT2D eigenvalue weighted by Crippen LogP contribution is -2.48. The number of imide groups is 1. The second-order valence-electron chi connectivity index (χ2n) is 6.44. The first-order chi connectivity index (χ1) is 10.5. The van der Waals surface area contributed by atoms with Crippen molar-refractivity contribution in [2.24, 2.45) is 0 Å². The number of hydrogen-bond donors (Lipinski definition) is 1. The molecule has 1 N–H and O–H groups in total. The van der Waals surface area contributed by atoms with Gasteiger partial charge in [-0.05, 0) is 19.8 Å². The van der Waals surface area contributed by atoms with Gasteiger partial charge in [-0.1, -0.05) is 12.8 Å². The summed E-state index contributed by atoms with van der Waals surface area (Å²) in [6, 6.07) is -0.305. The van der Waals surface area contributed by atoms with Gasteiger partial charge in [-0.2, -0.15) is 0 Å². The van der Waals surface area contributed by atoms with Crippen LogP contribution in [0.25, 0.3) is 0 Å². The zero-order chi connectivity index (χ0) is 15.7. The number of ether oxygens (including phenoxy) is 1. The van der Waals surface area contributed by atoms with E-state index < -0.39 is 5.54 Å². The minimum atomic E-state index is -0.688. The third-order valence-corrected chi connectivity index (χ3v) is 4.94. The zero-order valence-corrected chi connectivity index (χ0v) is 13.0. The summed E-state index contributed by atoms with van der Waals surface area (Å²) in [5, 5.41) is 2.83. The van der Waals surface area contributed by atoms with E-state index in [4.69, 9.17) is 4.74 Å². The van der Waals surface area contributed by atoms with Crippen molar-refractivity contribution in [2.75, 3.05) is 26.3 Å². The Morgan fingerprint density at radius 1 is 1.36 bits per heavy atom. The summed E-state index contributed by atoms with van der Waals surface area (Å²) in [6.07, 6.45) is 3.53. The Hall–Kier alpha value is -1.63. The van der Waals surface area contributed by atoms with Crippen LogP contribution in [0.15, 0.2) is 0 Å². The van der Waals surface area contributed by atoms with E-state index in [1.807, 2.05) is 6.92 Å². The Balaban J connectivity index is 1.58. The van der Waals surface area contributed by atoms with Crippen LogP contribution in [-0.2, 0) is 14.3 Å². The summed E-state index contributed by atoms with van der Waals surface area (Å²) >= 11 is 0. The quantitative estimate of drug-likeness (QED) is 0.770. The van der Waals surface area contributed by atoms with Crippen LogP contribution in [0.5, 0.6) is 0 Å². The molecule has 2 heterocycles. The molecule has 2 saturated heterocycles. The third kappa shape index (κ3) is 2.58. The minimum absolute atomic E-state index is 0.0243. The van der Waals surface area contributed by atoms with Crippen molar-refractivity contribution in [3.8, 4) is 0 Å². The molecule has 3 rings (SSSR count). The van der Waals surface area contributed by atoms with Crippen molar-refractivity contribution in [2.45, 2.75) is 50.6 Å². The number of hydrogen-bond acceptors (Lipinski definition) is 4. The Labute approximate surface area is 129 Å². The molecule has 0 unspecified atom stereocenters. The first-order valence-electron chi connectivity index (χ1n) is 8.05. The molecule has 1 aliphatic carbocycles. The highest BCUT2D eigenvalue weighted by molar-refractivity contribution is 6.07. The molecule has 0 aromatic rings. The lowest BCUT2D eigenvalue weighted by Gasteiger charge is -2.33. The predicted octanol–water partition coefficient (Wildman–Crippen LogP) is 0.488. The van der Waals surface area contributed by atoms with Gasteiger partial charge >= 0.3 is 6.03 Å². The number of morpholine rings is 1. The zero-order valence-electron chi connectivity index (χ0n) is 13.0. The SMILES string of the molecule is C[C@H]1COCCN1C(=O)CCN1C(=O)NC2(CCCC2)C1=O. The summed E-state index contributed by atoms with van der Waals surface area (Å²) < 4.78 is 5.31. The highest BCUT2D eigenvalue weighted by Gasteiger charge is 2.52. The maximum absolute atomic E-state index is 12.5. The fourth-order valence-electron chi connectivity index (χ4n) is 3.65. The van der Waals surface area contributed by atoms with E-state index >= 15 is 0 Å². The summed E-state index contributed by atoms with van der Waals surface area (Å²) in [5.74, 6) is -0.179. The molecule has 0 aromatic carbocycles. The number of amides is 4. The van der Waals surface area contributed by atoms with Gasteiger partial charge in [-0.3, -0.25) is 14.5 Å². The fraction of sp³-hybridized carbons (Fsp3) is 0.800. The molecule has 3 fully saturated rings. The van der Waals surface area contributed by atoms with Crippen LogP contribution in [0.2, 0.25) is 0 Å². The third-order valence-electron chi connectivity index (χ3n) is 4.94. The van der Waals surface area contributed by atoms with Crippen molar-refractivity contribution in [1.82, 2.24) is 15.1 Å². The Kier molecular flexibility index (Phi) is 4.08. The molecule has 122 valence electrons. The van der Waals surface area contributed by atoms with Crippen LogP contribution < -0.4 is 5.32 Å². The topological polar surface area (TPSA) is 79.0 Å². The van der Waals surface area contributed by atoms with Crippen LogP contribution in [0.1, 0.15) is 39.0 Å². The van der Waals surface area contributed by atoms with E-state index in [0.29, 0.717) is 32.6 Å². The molecule has 4 amide bonds. The maximum Gasteiger partial charge on any atom is 0.325 e. The monoisotopic (exact) mass is 309 g/mol. The van der Waals surface area contributed by atoms with Gasteiger partial charge in [-0.25, -0.2) is 4.79 Å². The van der Waals surface area contributed by atoms with Crippen molar-refractivity contribution in [1.29, 1.82) is 0 Å². The number of nitrogens with zero attached hydrogens (tertiary/aromatic N) is 2. The number of urea groups is 1. The lowest BCUT2D eigenvalue weighted by atomic mass is 9.98. The molecule has 0 aromatic heterocycles. The largest absolute Gasteiger partial charge is 0.377 e. The molecule has 1 saturated carbocycles. The molecular formula is C15H23N3O4. The molecule has 3 aliphatic rings. The van der Waals surface area contributed by atoms with E-state index in [9.17, 15) is 14.4 Å². The summed E-state index contributed by atoms with van der Waals surface area (Å²) in [5.41, 5.74) is -0.688. The van der Waals surface area contributed by atoms with Gasteiger partial charge in [0.1, 0.15) is 5.54 Å². The van der Waals surface area contributed by atoms with E-state index in [1.165, 1.54) is 4.90 Å². The minimum Gasteiger partial charge on any atom is -0.377 e. The number of carbonyl (C=O) groups is 3. The van der Waals surface area contributed by atoms with E-state index in [-0.39, 0.29) is 36.9 Å². The summed E-state index contributed by atoms with van der Waals surface area (Å²) in [6.45, 7) is 3.76. The Bertz CT molecular complexity index is 487. The molecule has 1 spiro atoms. The molecule has 7 nitrogen and oxygen atoms in total. The molecular weight excluding hydrogens is 286 g/mol. The van der Waals surface area contributed by atoms with Crippen molar-refractivity contribution in [3.63, 3.8) is 0 Å². The summed E-state index contributed by atoms with van der Waals surface area (Å²) in [4.78, 5) is 39.8. The van der Waals surface area contributed by atoms with Gasteiger partial charge in [0.2, 0.25) is 5.91 Å². The average Bonchev–Trinajstić information content (AvgIpc) is 3.05. The molecule has 2 aliphatic heterocycles. The van der Waals surface area contributed by atoms with Crippen LogP contribution >= 0.6 is 0 Å². The Morgan fingerprint density at radius 3 is 2.77 bits per heavy atom. The van der Waals surface area contributed by atoms with Crippen LogP contribution in [0.4, 0.5) is 4.79 Å². The van der Waals surface area contributed by atoms with Gasteiger partial charge in [-0.15, -0.1) is 0 Å². The normalized spacial score (nSPS) is 27.6. The first kappa shape index (κ1) is 15.3. The number of rotatable bonds is 3. The predicted molar refractivity (Wildman–Crippen MR) is 78.1 cm³/mol. The number of carbonyl (C=O) groups excluding carboxylic acids is 3. The molecule has 0 bridgehead atoms. The van der Waals surface area contributed by atoms with Crippen molar-refractivity contribution >= 4 is 17.8 Å². The maximum atomic E-state index is 12.5. The van der Waals surface area contributed by atoms with Crippen LogP contribution in [0.3, 0.4) is 0 Å². The van der Waals surface area contributed by atoms with Crippen molar-refractivity contribution in [3.05, 3.63) is 0 Å². The van der Waals surface area contributed by atoms with Gasteiger partial charge < -0.3 is 15.0 Å². The van der Waals surface area contributed by atoms with Gasteiger partial charge in [0.25, 0.3) is 5.91 Å². The van der Waals surface area contributed by atoms with E-state index in [1.54, 1.807) is 4.90 Å². The highest BCUT2D eigenvalue weighted by Crippen LogP contribution is 2.35. The van der Waals surface area contributed by atoms with Crippen molar-refractivity contribution < 1.29 is 19.1 Å². The fourth-order valence-corrected chi connectivity index (χ4v) is 3.65. The second-order valence-corrected chi connectivity index (χ2v) is 6.44. The number of nitrogens with one attached hydrogen (secondary N) is 1. The van der Waals surface area contributed by atoms with Gasteiger partial charge in [0.15, 0.2) is 0 Å². The standard InChI is InChI=1S/C15H23N3O4/c1-11-10-22-9-8-17(11)12(19)4-7-18-13(20)15(16-14(18)21)5-2-3-6-15/h11H,2-10H2,1H3,(H,16,21)/t11-/m0/s1. The summed E-state index contributed by atoms with van der Waals surface area (Å²) in [7, 11) is 0. The lowest BCUT2D eigenvalue weighted by molar-refractivity contribution is -0.139. The van der Waals surface area contributed by atoms with Gasteiger partial charge in [0.05, 0.1) is 19.3 Å². The highest BCUT2D eigenvalue weighted by atomic mass is 16.5. The first-order valence-corrected chi connectivity index (χ1v) is 8.05. The van der Waals surface area contributed by atoms with Crippen LogP contribution in [0, 0.1) is 0 Å². The van der Waals surface area contributed by atoms with Crippen LogP contribution in [-0.4, -0.2) is 65.5 Å².